The number of para-hydroxylation sites is 1. The maximum Gasteiger partial charge on any atom is 0.177 e. The number of methoxy groups -OCH3 is 1. The first-order chi connectivity index (χ1) is 9.17. The Kier molecular flexibility index (Phi) is 5.38. The molecule has 1 aromatic carbocycles. The topological polar surface area (TPSA) is 102 Å². The lowest BCUT2D eigenvalue weighted by Crippen LogP contribution is -2.34. The molecule has 0 saturated heterocycles. The van der Waals surface area contributed by atoms with Gasteiger partial charge in [-0.3, -0.25) is 0 Å². The first-order valence-corrected chi connectivity index (χ1v) is 8.10. The van der Waals surface area contributed by atoms with E-state index in [9.17, 15) is 13.5 Å². The van der Waals surface area contributed by atoms with Crippen molar-refractivity contribution in [2.45, 2.75) is 23.8 Å². The Morgan fingerprint density at radius 3 is 2.65 bits per heavy atom. The number of hydrogen-bond donors (Lipinski definition) is 3. The first kappa shape index (κ1) is 16.7. The molecule has 6 nitrogen and oxygen atoms in total. The van der Waals surface area contributed by atoms with Crippen molar-refractivity contribution < 1.29 is 18.3 Å². The minimum absolute atomic E-state index is 0.0824. The summed E-state index contributed by atoms with van der Waals surface area (Å²) in [6, 6.07) is 4.74. The van der Waals surface area contributed by atoms with E-state index in [0.717, 1.165) is 6.26 Å². The third-order valence-corrected chi connectivity index (χ3v) is 4.12. The number of benzene rings is 1. The average Bonchev–Trinajstić information content (AvgIpc) is 2.34. The fourth-order valence-corrected chi connectivity index (χ4v) is 2.55. The average molecular weight is 302 g/mol. The molecule has 0 bridgehead atoms. The van der Waals surface area contributed by atoms with Gasteiger partial charge in [0.2, 0.25) is 0 Å². The predicted octanol–water partition coefficient (Wildman–Crippen LogP) is 0.872. The normalized spacial score (nSPS) is 14.8. The Balaban J connectivity index is 2.84. The minimum Gasteiger partial charge on any atom is -0.396 e. The van der Waals surface area contributed by atoms with Gasteiger partial charge in [0.15, 0.2) is 9.84 Å². The summed E-state index contributed by atoms with van der Waals surface area (Å²) in [5.41, 5.74) is 5.54. The van der Waals surface area contributed by atoms with Gasteiger partial charge in [-0.15, -0.1) is 0 Å². The van der Waals surface area contributed by atoms with Crippen LogP contribution < -0.4 is 11.1 Å². The van der Waals surface area contributed by atoms with Crippen LogP contribution in [0.5, 0.6) is 0 Å². The zero-order valence-corrected chi connectivity index (χ0v) is 12.8. The van der Waals surface area contributed by atoms with Gasteiger partial charge < -0.3 is 20.9 Å². The Hall–Kier alpha value is -1.31. The van der Waals surface area contributed by atoms with Crippen molar-refractivity contribution >= 4 is 21.2 Å². The highest BCUT2D eigenvalue weighted by Crippen LogP contribution is 2.27. The molecule has 0 radical (unpaired) electrons. The molecule has 1 aromatic rings. The van der Waals surface area contributed by atoms with Crippen LogP contribution in [0.15, 0.2) is 23.1 Å². The Labute approximate surface area is 119 Å². The van der Waals surface area contributed by atoms with Crippen LogP contribution in [0.1, 0.15) is 13.3 Å². The molecule has 0 heterocycles. The zero-order chi connectivity index (χ0) is 15.4. The quantitative estimate of drug-likeness (QED) is 0.646. The van der Waals surface area contributed by atoms with E-state index in [2.05, 4.69) is 5.32 Å². The molecular weight excluding hydrogens is 280 g/mol. The number of nitrogens with one attached hydrogen (secondary N) is 1. The Morgan fingerprint density at radius 1 is 1.45 bits per heavy atom. The standard InChI is InChI=1S/C13H22N2O4S/c1-13(16,7-8-19-2)9-15-10-5-4-6-11(12(10)14)20(3,17)18/h4-6,15-16H,7-9,14H2,1-3H3. The van der Waals surface area contributed by atoms with Crippen LogP contribution in [0.3, 0.4) is 0 Å². The van der Waals surface area contributed by atoms with E-state index < -0.39 is 15.4 Å². The summed E-state index contributed by atoms with van der Waals surface area (Å²) >= 11 is 0. The second-order valence-corrected chi connectivity index (χ2v) is 7.07. The minimum atomic E-state index is -3.37. The maximum atomic E-state index is 11.6. The number of hydrogen-bond acceptors (Lipinski definition) is 6. The lowest BCUT2D eigenvalue weighted by molar-refractivity contribution is 0.0358. The summed E-state index contributed by atoms with van der Waals surface area (Å²) in [5.74, 6) is 0. The van der Waals surface area contributed by atoms with E-state index >= 15 is 0 Å². The van der Waals surface area contributed by atoms with Gasteiger partial charge in [-0.25, -0.2) is 8.42 Å². The van der Waals surface area contributed by atoms with Crippen LogP contribution in [-0.4, -0.2) is 45.6 Å². The van der Waals surface area contributed by atoms with Crippen LogP contribution in [0, 0.1) is 0 Å². The van der Waals surface area contributed by atoms with Crippen molar-refractivity contribution in [3.8, 4) is 0 Å². The molecule has 1 atom stereocenters. The van der Waals surface area contributed by atoms with Crippen LogP contribution >= 0.6 is 0 Å². The van der Waals surface area contributed by atoms with Crippen LogP contribution in [0.25, 0.3) is 0 Å². The van der Waals surface area contributed by atoms with Crippen molar-refractivity contribution in [3.05, 3.63) is 18.2 Å². The molecule has 1 rings (SSSR count). The van der Waals surface area contributed by atoms with Crippen LogP contribution in [0.4, 0.5) is 11.4 Å². The highest BCUT2D eigenvalue weighted by atomic mass is 32.2. The molecule has 0 saturated carbocycles. The van der Waals surface area contributed by atoms with Crippen molar-refractivity contribution in [2.24, 2.45) is 0 Å². The number of nitrogen functional groups attached to an aromatic ring is 1. The molecule has 1 unspecified atom stereocenters. The number of nitrogens with two attached hydrogens (primary N) is 1. The molecule has 0 fully saturated rings. The molecule has 114 valence electrons. The molecule has 0 amide bonds. The fraction of sp³-hybridized carbons (Fsp3) is 0.538. The fourth-order valence-electron chi connectivity index (χ4n) is 1.72. The van der Waals surface area contributed by atoms with Gasteiger partial charge in [-0.05, 0) is 19.1 Å². The number of aliphatic hydroxyl groups is 1. The summed E-state index contributed by atoms with van der Waals surface area (Å²) in [6.45, 7) is 2.36. The third-order valence-electron chi connectivity index (χ3n) is 2.97. The number of sulfone groups is 1. The number of rotatable bonds is 7. The number of ether oxygens (including phenoxy) is 1. The molecule has 7 heteroatoms. The molecule has 0 aliphatic rings. The monoisotopic (exact) mass is 302 g/mol. The SMILES string of the molecule is COCCC(C)(O)CNc1cccc(S(C)(=O)=O)c1N. The summed E-state index contributed by atoms with van der Waals surface area (Å²) in [4.78, 5) is 0.0824. The van der Waals surface area contributed by atoms with Gasteiger partial charge in [-0.2, -0.15) is 0 Å². The smallest absolute Gasteiger partial charge is 0.177 e. The van der Waals surface area contributed by atoms with E-state index in [1.54, 1.807) is 26.2 Å². The van der Waals surface area contributed by atoms with Crippen LogP contribution in [-0.2, 0) is 14.6 Å². The van der Waals surface area contributed by atoms with Gasteiger partial charge >= 0.3 is 0 Å². The first-order valence-electron chi connectivity index (χ1n) is 6.21. The van der Waals surface area contributed by atoms with Crippen molar-refractivity contribution in [1.29, 1.82) is 0 Å². The van der Waals surface area contributed by atoms with E-state index in [-0.39, 0.29) is 17.1 Å². The molecule has 0 spiro atoms. The molecular formula is C13H22N2O4S. The second-order valence-electron chi connectivity index (χ2n) is 5.08. The van der Waals surface area contributed by atoms with Crippen molar-refractivity contribution in [1.82, 2.24) is 0 Å². The summed E-state index contributed by atoms with van der Waals surface area (Å²) in [7, 11) is -1.80. The molecule has 20 heavy (non-hydrogen) atoms. The van der Waals surface area contributed by atoms with Gasteiger partial charge in [0.05, 0.1) is 21.9 Å². The molecule has 0 aliphatic heterocycles. The third kappa shape index (κ3) is 4.66. The van der Waals surface area contributed by atoms with Gasteiger partial charge in [0.25, 0.3) is 0 Å². The van der Waals surface area contributed by atoms with Gasteiger partial charge in [0, 0.05) is 32.9 Å². The summed E-state index contributed by atoms with van der Waals surface area (Å²) in [5, 5.41) is 13.1. The summed E-state index contributed by atoms with van der Waals surface area (Å²) < 4.78 is 28.1. The second kappa shape index (κ2) is 6.43. The largest absolute Gasteiger partial charge is 0.396 e. The molecule has 4 N–H and O–H groups in total. The van der Waals surface area contributed by atoms with Crippen molar-refractivity contribution in [3.63, 3.8) is 0 Å². The highest BCUT2D eigenvalue weighted by Gasteiger charge is 2.21. The molecule has 0 aromatic heterocycles. The zero-order valence-electron chi connectivity index (χ0n) is 12.0. The van der Waals surface area contributed by atoms with E-state index in [4.69, 9.17) is 10.5 Å². The van der Waals surface area contributed by atoms with E-state index in [0.29, 0.717) is 18.7 Å². The lowest BCUT2D eigenvalue weighted by Gasteiger charge is -2.24. The molecule has 0 aliphatic carbocycles. The number of anilines is 2. The van der Waals surface area contributed by atoms with Crippen LogP contribution in [0.2, 0.25) is 0 Å². The lowest BCUT2D eigenvalue weighted by atomic mass is 10.0. The van der Waals surface area contributed by atoms with Gasteiger partial charge in [-0.1, -0.05) is 6.07 Å². The summed E-state index contributed by atoms with van der Waals surface area (Å²) in [6.07, 6.45) is 1.57. The predicted molar refractivity (Wildman–Crippen MR) is 79.6 cm³/mol. The van der Waals surface area contributed by atoms with E-state index in [1.807, 2.05) is 0 Å². The van der Waals surface area contributed by atoms with Gasteiger partial charge in [0.1, 0.15) is 0 Å². The highest BCUT2D eigenvalue weighted by molar-refractivity contribution is 7.90. The maximum absolute atomic E-state index is 11.6. The Morgan fingerprint density at radius 2 is 2.10 bits per heavy atom. The Bertz CT molecular complexity index is 555. The van der Waals surface area contributed by atoms with E-state index in [1.165, 1.54) is 6.07 Å². The van der Waals surface area contributed by atoms with Crippen molar-refractivity contribution in [2.75, 3.05) is 37.6 Å².